The van der Waals surface area contributed by atoms with Gasteiger partial charge >= 0.3 is 0 Å². The first-order chi connectivity index (χ1) is 16.7. The Morgan fingerprint density at radius 2 is 1.29 bits per heavy atom. The molecule has 2 unspecified atom stereocenters. The maximum Gasteiger partial charge on any atom is 0.136 e. The van der Waals surface area contributed by atoms with Crippen LogP contribution in [0, 0.1) is 20.8 Å². The summed E-state index contributed by atoms with van der Waals surface area (Å²) in [7, 11) is 0. The lowest BCUT2D eigenvalue weighted by molar-refractivity contribution is 0.0722. The molecule has 0 aliphatic heterocycles. The lowest BCUT2D eigenvalue weighted by Crippen LogP contribution is -2.33. The van der Waals surface area contributed by atoms with Crippen molar-refractivity contribution >= 4 is 33.2 Å². The van der Waals surface area contributed by atoms with Crippen LogP contribution in [-0.2, 0) is 19.3 Å². The largest absolute Gasteiger partial charge is 0.398 e. The number of aryl methyl sites for hydroxylation is 4. The summed E-state index contributed by atoms with van der Waals surface area (Å²) in [5, 5.41) is 23.7. The van der Waals surface area contributed by atoms with E-state index in [0.717, 1.165) is 69.4 Å². The average molecular weight is 477 g/mol. The molecule has 0 amide bonds. The molecule has 4 rings (SSSR count). The quantitative estimate of drug-likeness (QED) is 0.264. The Bertz CT molecular complexity index is 1400. The summed E-state index contributed by atoms with van der Waals surface area (Å²) in [6.45, 7) is 12.7. The van der Waals surface area contributed by atoms with Crippen molar-refractivity contribution in [1.82, 2.24) is 9.13 Å². The van der Waals surface area contributed by atoms with Crippen LogP contribution in [0.5, 0.6) is 0 Å². The van der Waals surface area contributed by atoms with Gasteiger partial charge in [0.05, 0.1) is 17.1 Å². The molecule has 6 nitrogen and oxygen atoms in total. The highest BCUT2D eigenvalue weighted by molar-refractivity contribution is 5.99. The Kier molecular flexibility index (Phi) is 6.89. The van der Waals surface area contributed by atoms with Gasteiger partial charge in [0.25, 0.3) is 0 Å². The number of nitrogens with zero attached hydrogens (tertiary/aromatic N) is 2. The van der Waals surface area contributed by atoms with Crippen LogP contribution < -0.4 is 11.5 Å². The number of benzene rings is 2. The van der Waals surface area contributed by atoms with Crippen molar-refractivity contribution in [3.8, 4) is 0 Å². The van der Waals surface area contributed by atoms with Gasteiger partial charge in [0.15, 0.2) is 0 Å². The number of aliphatic hydroxyl groups is 2. The average Bonchev–Trinajstić information content (AvgIpc) is 3.28. The number of aromatic nitrogens is 2. The molecule has 6 heteroatoms. The van der Waals surface area contributed by atoms with Crippen molar-refractivity contribution in [2.24, 2.45) is 0 Å². The summed E-state index contributed by atoms with van der Waals surface area (Å²) in [5.74, 6) is 0. The van der Waals surface area contributed by atoms with E-state index in [1.165, 1.54) is 16.7 Å². The van der Waals surface area contributed by atoms with Crippen LogP contribution in [0.1, 0.15) is 67.0 Å². The van der Waals surface area contributed by atoms with E-state index >= 15 is 0 Å². The standard InChI is InChI=1S/C29H40N4O2/c1-7-19-10-12-22(30)25-16(4)17(5)32(27(19)25)29(24(35)14-15-34)33-18(6)21(9-3)26-23(31)13-11-20(8-2)28(26)33/h10-13,24,29,34-35H,7-9,14-15,30-31H2,1-6H3. The number of hydrogen-bond donors (Lipinski definition) is 4. The molecule has 35 heavy (non-hydrogen) atoms. The second-order valence-corrected chi connectivity index (χ2v) is 9.64. The van der Waals surface area contributed by atoms with Gasteiger partial charge in [0.2, 0.25) is 0 Å². The number of fused-ring (bicyclic) bond motifs is 2. The van der Waals surface area contributed by atoms with Gasteiger partial charge in [-0.1, -0.05) is 32.9 Å². The molecule has 6 N–H and O–H groups in total. The van der Waals surface area contributed by atoms with Gasteiger partial charge in [-0.15, -0.1) is 0 Å². The molecule has 0 saturated carbocycles. The van der Waals surface area contributed by atoms with Crippen molar-refractivity contribution in [2.45, 2.75) is 79.5 Å². The normalized spacial score (nSPS) is 13.7. The van der Waals surface area contributed by atoms with E-state index in [9.17, 15) is 10.2 Å². The summed E-state index contributed by atoms with van der Waals surface area (Å²) < 4.78 is 4.53. The molecule has 0 spiro atoms. The van der Waals surface area contributed by atoms with Crippen LogP contribution in [-0.4, -0.2) is 32.1 Å². The van der Waals surface area contributed by atoms with Crippen LogP contribution in [0.2, 0.25) is 0 Å². The number of aliphatic hydroxyl groups excluding tert-OH is 2. The minimum absolute atomic E-state index is 0.0979. The van der Waals surface area contributed by atoms with Gasteiger partial charge in [-0.25, -0.2) is 0 Å². The lowest BCUT2D eigenvalue weighted by Gasteiger charge is -2.31. The van der Waals surface area contributed by atoms with Crippen LogP contribution in [0.3, 0.4) is 0 Å². The molecule has 0 radical (unpaired) electrons. The first-order valence-corrected chi connectivity index (χ1v) is 12.8. The van der Waals surface area contributed by atoms with E-state index in [1.807, 2.05) is 12.1 Å². The predicted molar refractivity (Wildman–Crippen MR) is 147 cm³/mol. The fourth-order valence-corrected chi connectivity index (χ4v) is 5.99. The molecule has 188 valence electrons. The molecule has 4 aromatic rings. The van der Waals surface area contributed by atoms with E-state index in [1.54, 1.807) is 0 Å². The summed E-state index contributed by atoms with van der Waals surface area (Å²) in [6.07, 6.45) is 1.53. The van der Waals surface area contributed by atoms with E-state index in [2.05, 4.69) is 62.8 Å². The van der Waals surface area contributed by atoms with Crippen molar-refractivity contribution in [2.75, 3.05) is 18.1 Å². The highest BCUT2D eigenvalue weighted by Crippen LogP contribution is 2.41. The van der Waals surface area contributed by atoms with E-state index in [0.29, 0.717) is 0 Å². The number of nitrogen functional groups attached to an aromatic ring is 2. The Morgan fingerprint density at radius 3 is 1.80 bits per heavy atom. The second-order valence-electron chi connectivity index (χ2n) is 9.64. The summed E-state index contributed by atoms with van der Waals surface area (Å²) >= 11 is 0. The third-order valence-corrected chi connectivity index (χ3v) is 7.86. The Labute approximate surface area is 208 Å². The first kappa shape index (κ1) is 25.1. The molecule has 0 aliphatic carbocycles. The van der Waals surface area contributed by atoms with Crippen molar-refractivity contribution in [1.29, 1.82) is 0 Å². The summed E-state index contributed by atoms with van der Waals surface area (Å²) in [6, 6.07) is 8.18. The molecular formula is C29H40N4O2. The predicted octanol–water partition coefficient (Wildman–Crippen LogP) is 5.16. The van der Waals surface area contributed by atoms with Crippen LogP contribution in [0.4, 0.5) is 11.4 Å². The summed E-state index contributed by atoms with van der Waals surface area (Å²) in [5.41, 5.74) is 23.6. The molecular weight excluding hydrogens is 436 g/mol. The molecule has 2 aromatic carbocycles. The third kappa shape index (κ3) is 3.71. The second kappa shape index (κ2) is 9.59. The number of nitrogens with two attached hydrogens (primary N) is 2. The van der Waals surface area contributed by atoms with Crippen LogP contribution >= 0.6 is 0 Å². The van der Waals surface area contributed by atoms with Gasteiger partial charge in [-0.2, -0.15) is 0 Å². The topological polar surface area (TPSA) is 102 Å². The Hall–Kier alpha value is -2.96. The molecule has 0 bridgehead atoms. The van der Waals surface area contributed by atoms with Gasteiger partial charge < -0.3 is 30.8 Å². The fraction of sp³-hybridized carbons (Fsp3) is 0.448. The third-order valence-electron chi connectivity index (χ3n) is 7.86. The molecule has 2 aromatic heterocycles. The van der Waals surface area contributed by atoms with Gasteiger partial charge in [-0.05, 0) is 74.4 Å². The van der Waals surface area contributed by atoms with Gasteiger partial charge in [-0.3, -0.25) is 0 Å². The monoisotopic (exact) mass is 476 g/mol. The minimum atomic E-state index is -0.815. The lowest BCUT2D eigenvalue weighted by atomic mass is 10.0. The number of hydrogen-bond acceptors (Lipinski definition) is 4. The molecule has 0 saturated heterocycles. The zero-order valence-electron chi connectivity index (χ0n) is 21.9. The van der Waals surface area contributed by atoms with Crippen LogP contribution in [0.25, 0.3) is 21.8 Å². The van der Waals surface area contributed by atoms with E-state index in [-0.39, 0.29) is 13.0 Å². The number of anilines is 2. The zero-order valence-corrected chi connectivity index (χ0v) is 21.9. The zero-order chi connectivity index (χ0) is 25.6. The maximum atomic E-state index is 11.7. The molecule has 2 heterocycles. The van der Waals surface area contributed by atoms with Crippen molar-refractivity contribution < 1.29 is 10.2 Å². The summed E-state index contributed by atoms with van der Waals surface area (Å²) in [4.78, 5) is 0. The van der Waals surface area contributed by atoms with E-state index in [4.69, 9.17) is 11.5 Å². The van der Waals surface area contributed by atoms with Crippen molar-refractivity contribution in [3.05, 3.63) is 57.9 Å². The smallest absolute Gasteiger partial charge is 0.136 e. The van der Waals surface area contributed by atoms with Crippen LogP contribution in [0.15, 0.2) is 24.3 Å². The molecule has 0 aliphatic rings. The number of rotatable bonds is 8. The van der Waals surface area contributed by atoms with Gasteiger partial charge in [0, 0.05) is 46.6 Å². The molecule has 2 atom stereocenters. The SMILES string of the molecule is CCc1c(C)n(C(C(O)CCO)n2c(C)c(C)c3c(N)ccc(CC)c32)c2c(CC)ccc(N)c12. The van der Waals surface area contributed by atoms with Crippen molar-refractivity contribution in [3.63, 3.8) is 0 Å². The maximum absolute atomic E-state index is 11.7. The highest BCUT2D eigenvalue weighted by Gasteiger charge is 2.32. The highest BCUT2D eigenvalue weighted by atomic mass is 16.3. The first-order valence-electron chi connectivity index (χ1n) is 12.8. The fourth-order valence-electron chi connectivity index (χ4n) is 5.99. The molecule has 0 fully saturated rings. The Balaban J connectivity index is 2.22. The minimum Gasteiger partial charge on any atom is -0.398 e. The van der Waals surface area contributed by atoms with E-state index < -0.39 is 12.3 Å². The van der Waals surface area contributed by atoms with Gasteiger partial charge in [0.1, 0.15) is 6.17 Å². The Morgan fingerprint density at radius 1 is 0.771 bits per heavy atom.